The molecule has 3 aliphatic heterocycles. The highest BCUT2D eigenvalue weighted by Crippen LogP contribution is 2.47. The first-order chi connectivity index (χ1) is 26.9. The van der Waals surface area contributed by atoms with E-state index in [-0.39, 0.29) is 48.4 Å². The number of hydrogen-bond acceptors (Lipinski definition) is 9. The maximum atomic E-state index is 14.3. The molecule has 3 saturated heterocycles. The van der Waals surface area contributed by atoms with Gasteiger partial charge in [0.1, 0.15) is 23.9 Å². The molecule has 0 spiro atoms. The van der Waals surface area contributed by atoms with Gasteiger partial charge in [-0.25, -0.2) is 5.09 Å². The average molecular weight is 800 g/mol. The van der Waals surface area contributed by atoms with Crippen LogP contribution in [0.25, 0.3) is 10.1 Å². The predicted molar refractivity (Wildman–Crippen MR) is 216 cm³/mol. The molecule has 0 radical (unpaired) electrons. The Hall–Kier alpha value is -4.58. The Labute approximate surface area is 331 Å². The van der Waals surface area contributed by atoms with Crippen molar-refractivity contribution >= 4 is 52.6 Å². The van der Waals surface area contributed by atoms with E-state index in [1.165, 1.54) is 11.3 Å². The van der Waals surface area contributed by atoms with Gasteiger partial charge in [-0.05, 0) is 110 Å². The first-order valence-corrected chi connectivity index (χ1v) is 22.2. The van der Waals surface area contributed by atoms with Gasteiger partial charge in [-0.3, -0.25) is 28.7 Å². The van der Waals surface area contributed by atoms with Crippen molar-refractivity contribution in [3.8, 4) is 5.75 Å². The first-order valence-electron chi connectivity index (χ1n) is 19.5. The lowest BCUT2D eigenvalue weighted by molar-refractivity contribution is -0.148. The Morgan fingerprint density at radius 2 is 1.84 bits per heavy atom. The summed E-state index contributed by atoms with van der Waals surface area (Å²) < 4.78 is 26.5. The number of nitrogens with one attached hydrogen (secondary N) is 2. The van der Waals surface area contributed by atoms with E-state index in [1.807, 2.05) is 48.4 Å². The van der Waals surface area contributed by atoms with Crippen molar-refractivity contribution in [2.24, 2.45) is 5.92 Å². The van der Waals surface area contributed by atoms with Crippen molar-refractivity contribution in [3.05, 3.63) is 94.6 Å². The predicted octanol–water partition coefficient (Wildman–Crippen LogP) is 6.82. The highest BCUT2D eigenvalue weighted by atomic mass is 32.1. The van der Waals surface area contributed by atoms with Crippen LogP contribution in [0.5, 0.6) is 5.75 Å². The summed E-state index contributed by atoms with van der Waals surface area (Å²) in [6, 6.07) is 15.9. The number of carbonyl (C=O) groups is 4. The van der Waals surface area contributed by atoms with Crippen molar-refractivity contribution in [2.75, 3.05) is 19.7 Å². The van der Waals surface area contributed by atoms with Gasteiger partial charge in [0.25, 0.3) is 5.91 Å². The molecule has 0 bridgehead atoms. The van der Waals surface area contributed by atoms with Gasteiger partial charge in [0.15, 0.2) is 0 Å². The van der Waals surface area contributed by atoms with Crippen LogP contribution < -0.4 is 14.9 Å². The second-order valence-electron chi connectivity index (χ2n) is 15.5. The Morgan fingerprint density at radius 3 is 2.59 bits per heavy atom. The van der Waals surface area contributed by atoms with Gasteiger partial charge in [-0.15, -0.1) is 11.3 Å². The molecular formula is C42H50N5O7PS. The van der Waals surface area contributed by atoms with Crippen LogP contribution in [0.15, 0.2) is 73.1 Å². The van der Waals surface area contributed by atoms with Crippen molar-refractivity contribution in [2.45, 2.75) is 96.0 Å². The number of thiophene rings is 1. The van der Waals surface area contributed by atoms with Crippen LogP contribution in [0, 0.1) is 12.8 Å². The van der Waals surface area contributed by atoms with Gasteiger partial charge in [0, 0.05) is 42.1 Å². The molecule has 12 nitrogen and oxygen atoms in total. The fourth-order valence-electron chi connectivity index (χ4n) is 8.23. The molecule has 2 unspecified atom stereocenters. The lowest BCUT2D eigenvalue weighted by Gasteiger charge is -2.43. The topological polar surface area (TPSA) is 147 Å². The smallest absolute Gasteiger partial charge is 0.323 e. The molecule has 3 amide bonds. The van der Waals surface area contributed by atoms with E-state index in [0.29, 0.717) is 48.5 Å². The number of carbonyl (C=O) groups excluding carboxylic acids is 4. The fraction of sp³-hybridized carbons (Fsp3) is 0.452. The van der Waals surface area contributed by atoms with E-state index in [2.05, 4.69) is 29.2 Å². The maximum absolute atomic E-state index is 14.3. The maximum Gasteiger partial charge on any atom is 0.323 e. The average Bonchev–Trinajstić information content (AvgIpc) is 3.75. The third-order valence-electron chi connectivity index (χ3n) is 11.1. The summed E-state index contributed by atoms with van der Waals surface area (Å²) in [4.78, 5) is 62.8. The Bertz CT molecular complexity index is 2140. The molecule has 7 rings (SSSR count). The molecule has 2 N–H and O–H groups in total. The zero-order valence-corrected chi connectivity index (χ0v) is 34.0. The molecule has 3 fully saturated rings. The number of ether oxygens (including phenoxy) is 1. The highest BCUT2D eigenvalue weighted by Gasteiger charge is 2.48. The van der Waals surface area contributed by atoms with Crippen molar-refractivity contribution in [3.63, 3.8) is 0 Å². The number of esters is 1. The standard InChI is InChI=1S/C42H50N5O7PS/c1-5-17-53-42(51)28(4)45-55(52,54-33-9-7-6-8-10-33)25-29-11-14-37-30(20-29)21-38(56-37)39(48)44-35-19-26(2)18-32-12-13-36(47(32)40(35)49)41(50)46-23-31(24-46)34-22-43-16-15-27(34)3/h6-11,14-16,20-22,26,28,31-32,35-36H,5,12-13,17-19,23-25H2,1-4H3,(H,44,48)(H,45,52)/t26?,28-,32+,35-,36-,55?/m0/s1. The van der Waals surface area contributed by atoms with Gasteiger partial charge in [-0.1, -0.05) is 38.1 Å². The molecule has 56 heavy (non-hydrogen) atoms. The minimum atomic E-state index is -3.68. The minimum absolute atomic E-state index is 0.0154. The third kappa shape index (κ3) is 8.70. The number of likely N-dealkylation sites (tertiary alicyclic amines) is 1. The second kappa shape index (κ2) is 16.9. The number of rotatable bonds is 13. The number of nitrogens with zero attached hydrogens (tertiary/aromatic N) is 3. The molecule has 0 saturated carbocycles. The molecular weight excluding hydrogens is 750 g/mol. The van der Waals surface area contributed by atoms with E-state index in [9.17, 15) is 23.7 Å². The van der Waals surface area contributed by atoms with Crippen LogP contribution in [-0.4, -0.2) is 82.3 Å². The highest BCUT2D eigenvalue weighted by molar-refractivity contribution is 7.56. The lowest BCUT2D eigenvalue weighted by Crippen LogP contribution is -2.58. The number of pyridine rings is 1. The zero-order valence-electron chi connectivity index (χ0n) is 32.3. The van der Waals surface area contributed by atoms with Crippen LogP contribution in [-0.2, 0) is 29.8 Å². The first kappa shape index (κ1) is 39.6. The molecule has 296 valence electrons. The molecule has 4 aromatic rings. The summed E-state index contributed by atoms with van der Waals surface area (Å²) in [6.45, 7) is 9.14. The SMILES string of the molecule is CCCOC(=O)[C@H](C)NP(=O)(Cc1ccc2sc(C(=O)N[C@H]3CC(C)C[C@H]4CC[C@@H](C(=O)N5CC(c6cnccc6C)C5)N4C3=O)cc2c1)Oc1ccccc1. The third-order valence-corrected chi connectivity index (χ3v) is 14.2. The van der Waals surface area contributed by atoms with Crippen LogP contribution in [0.2, 0.25) is 0 Å². The summed E-state index contributed by atoms with van der Waals surface area (Å²) in [5.41, 5.74) is 3.01. The van der Waals surface area contributed by atoms with Crippen molar-refractivity contribution in [1.82, 2.24) is 25.2 Å². The van der Waals surface area contributed by atoms with Crippen molar-refractivity contribution < 1.29 is 33.0 Å². The summed E-state index contributed by atoms with van der Waals surface area (Å²) in [5, 5.41) is 6.73. The van der Waals surface area contributed by atoms with Gasteiger partial charge < -0.3 is 24.4 Å². The number of hydrogen-bond donors (Lipinski definition) is 2. The number of benzene rings is 2. The zero-order chi connectivity index (χ0) is 39.6. The number of fused-ring (bicyclic) bond motifs is 2. The van der Waals surface area contributed by atoms with Crippen LogP contribution in [0.1, 0.15) is 85.2 Å². The van der Waals surface area contributed by atoms with Gasteiger partial charge in [0.05, 0.1) is 17.6 Å². The number of para-hydroxylation sites is 1. The Balaban J connectivity index is 1.03. The molecule has 5 heterocycles. The fourth-order valence-corrected chi connectivity index (χ4v) is 11.2. The second-order valence-corrected chi connectivity index (χ2v) is 18.7. The van der Waals surface area contributed by atoms with Crippen LogP contribution >= 0.6 is 18.9 Å². The van der Waals surface area contributed by atoms with E-state index >= 15 is 0 Å². The molecule has 2 aromatic carbocycles. The van der Waals surface area contributed by atoms with E-state index in [0.717, 1.165) is 34.1 Å². The largest absolute Gasteiger partial charge is 0.465 e. The van der Waals surface area contributed by atoms with Gasteiger partial charge in [-0.2, -0.15) is 0 Å². The van der Waals surface area contributed by atoms with E-state index < -0.39 is 31.6 Å². The summed E-state index contributed by atoms with van der Waals surface area (Å²) in [5.74, 6) is -0.258. The summed E-state index contributed by atoms with van der Waals surface area (Å²) in [7, 11) is -3.68. The van der Waals surface area contributed by atoms with Crippen molar-refractivity contribution in [1.29, 1.82) is 0 Å². The quantitative estimate of drug-likeness (QED) is 0.110. The molecule has 2 aromatic heterocycles. The van der Waals surface area contributed by atoms with Crippen LogP contribution in [0.4, 0.5) is 0 Å². The van der Waals surface area contributed by atoms with Gasteiger partial charge >= 0.3 is 13.5 Å². The monoisotopic (exact) mass is 799 g/mol. The van der Waals surface area contributed by atoms with Gasteiger partial charge in [0.2, 0.25) is 11.8 Å². The molecule has 0 aliphatic carbocycles. The Morgan fingerprint density at radius 1 is 1.05 bits per heavy atom. The normalized spacial score (nSPS) is 22.8. The molecule has 6 atom stereocenters. The summed E-state index contributed by atoms with van der Waals surface area (Å²) >= 11 is 1.31. The number of aryl methyl sites for hydroxylation is 1. The molecule has 14 heteroatoms. The molecule has 3 aliphatic rings. The Kier molecular flexibility index (Phi) is 11.9. The number of aromatic nitrogens is 1. The van der Waals surface area contributed by atoms with E-state index in [4.69, 9.17) is 9.26 Å². The minimum Gasteiger partial charge on any atom is -0.465 e. The lowest BCUT2D eigenvalue weighted by atomic mass is 9.89. The summed E-state index contributed by atoms with van der Waals surface area (Å²) in [6.07, 6.45) is 6.98. The number of amides is 3. The van der Waals surface area contributed by atoms with E-state index in [1.54, 1.807) is 48.4 Å². The van der Waals surface area contributed by atoms with Crippen LogP contribution in [0.3, 0.4) is 0 Å².